The quantitative estimate of drug-likeness (QED) is 0.284. The van der Waals surface area contributed by atoms with Crippen LogP contribution in [-0.2, 0) is 4.79 Å². The number of amides is 1. The predicted molar refractivity (Wildman–Crippen MR) is 118 cm³/mol. The van der Waals surface area contributed by atoms with Crippen LogP contribution in [0.1, 0.15) is 35.3 Å². The van der Waals surface area contributed by atoms with E-state index >= 15 is 0 Å². The maximum Gasteiger partial charge on any atom is 0.335 e. The first-order valence-corrected chi connectivity index (χ1v) is 10.1. The van der Waals surface area contributed by atoms with Gasteiger partial charge in [-0.2, -0.15) is 5.10 Å². The summed E-state index contributed by atoms with van der Waals surface area (Å²) in [5, 5.41) is 17.1. The molecule has 2 aromatic carbocycles. The summed E-state index contributed by atoms with van der Waals surface area (Å²) in [5.74, 6) is -1.35. The van der Waals surface area contributed by atoms with Gasteiger partial charge in [0.15, 0.2) is 6.73 Å². The van der Waals surface area contributed by atoms with E-state index in [4.69, 9.17) is 33.0 Å². The summed E-state index contributed by atoms with van der Waals surface area (Å²) in [6.07, 6.45) is -3.56. The van der Waals surface area contributed by atoms with Crippen LogP contribution in [0.3, 0.4) is 0 Å². The molecule has 1 unspecified atom stereocenters. The third-order valence-electron chi connectivity index (χ3n) is 4.24. The average molecular weight is 488 g/mol. The summed E-state index contributed by atoms with van der Waals surface area (Å²) in [6.45, 7) is 1.49. The monoisotopic (exact) mass is 487 g/mol. The van der Waals surface area contributed by atoms with Crippen LogP contribution in [0.4, 0.5) is 8.78 Å². The lowest BCUT2D eigenvalue weighted by Gasteiger charge is -2.18. The lowest BCUT2D eigenvalue weighted by Crippen LogP contribution is -2.31. The Morgan fingerprint density at radius 1 is 1.16 bits per heavy atom. The second-order valence-corrected chi connectivity index (χ2v) is 7.61. The van der Waals surface area contributed by atoms with Crippen LogP contribution in [0.2, 0.25) is 10.0 Å². The van der Waals surface area contributed by atoms with Gasteiger partial charge in [-0.25, -0.2) is 13.6 Å². The molecule has 0 fully saturated rings. The van der Waals surface area contributed by atoms with Gasteiger partial charge in [0.05, 0.1) is 28.1 Å². The van der Waals surface area contributed by atoms with Crippen molar-refractivity contribution in [3.05, 3.63) is 63.6 Å². The fraction of sp³-hybridized carbons (Fsp3) is 0.286. The molecule has 11 heteroatoms. The molecule has 2 rings (SSSR count). The number of carboxylic acid groups (broad SMARTS) is 1. The molecule has 0 aromatic heterocycles. The van der Waals surface area contributed by atoms with Crippen molar-refractivity contribution < 1.29 is 28.2 Å². The highest BCUT2D eigenvalue weighted by atomic mass is 35.5. The fourth-order valence-corrected chi connectivity index (χ4v) is 2.88. The molecule has 2 N–H and O–H groups in total. The molecule has 7 nitrogen and oxygen atoms in total. The summed E-state index contributed by atoms with van der Waals surface area (Å²) < 4.78 is 32.2. The van der Waals surface area contributed by atoms with E-state index in [2.05, 4.69) is 10.4 Å². The predicted octanol–water partition coefficient (Wildman–Crippen LogP) is 4.85. The van der Waals surface area contributed by atoms with Crippen molar-refractivity contribution in [3.63, 3.8) is 0 Å². The summed E-state index contributed by atoms with van der Waals surface area (Å²) in [6, 6.07) is 9.96. The molecule has 0 heterocycles. The molecule has 32 heavy (non-hydrogen) atoms. The number of hydrogen-bond acceptors (Lipinski definition) is 5. The Balaban J connectivity index is 1.95. The second kappa shape index (κ2) is 11.6. The van der Waals surface area contributed by atoms with Crippen LogP contribution in [0.25, 0.3) is 0 Å². The third-order valence-corrected chi connectivity index (χ3v) is 4.98. The molecule has 1 amide bonds. The SMILES string of the molecule is CC(NC(=O)C/C(=N\N(C)COc1ccc(Cl)c(Cl)c1)C(F)F)c1ccc(C(=O)O)cc1. The Kier molecular flexibility index (Phi) is 9.22. The van der Waals surface area contributed by atoms with Crippen molar-refractivity contribution in [1.29, 1.82) is 0 Å². The fourth-order valence-electron chi connectivity index (χ4n) is 2.59. The number of benzene rings is 2. The van der Waals surface area contributed by atoms with Gasteiger partial charge in [-0.15, -0.1) is 0 Å². The third kappa shape index (κ3) is 7.65. The minimum absolute atomic E-state index is 0.102. The van der Waals surface area contributed by atoms with Gasteiger partial charge in [-0.3, -0.25) is 9.80 Å². The number of carbonyl (C=O) groups excluding carboxylic acids is 1. The molecule has 0 aliphatic carbocycles. The molecule has 2 aromatic rings. The van der Waals surface area contributed by atoms with Gasteiger partial charge in [-0.1, -0.05) is 35.3 Å². The maximum absolute atomic E-state index is 13.4. The zero-order valence-electron chi connectivity index (χ0n) is 17.2. The van der Waals surface area contributed by atoms with Gasteiger partial charge in [0.2, 0.25) is 5.91 Å². The molecule has 0 bridgehead atoms. The van der Waals surface area contributed by atoms with Crippen molar-refractivity contribution in [2.45, 2.75) is 25.8 Å². The largest absolute Gasteiger partial charge is 0.478 e. The first-order valence-electron chi connectivity index (χ1n) is 9.34. The molecule has 1 atom stereocenters. The number of ether oxygens (including phenoxy) is 1. The second-order valence-electron chi connectivity index (χ2n) is 6.79. The van der Waals surface area contributed by atoms with Crippen molar-refractivity contribution >= 4 is 40.8 Å². The minimum Gasteiger partial charge on any atom is -0.478 e. The molecule has 0 aliphatic rings. The van der Waals surface area contributed by atoms with Gasteiger partial charge in [0.25, 0.3) is 6.43 Å². The summed E-state index contributed by atoms with van der Waals surface area (Å²) >= 11 is 11.7. The van der Waals surface area contributed by atoms with Gasteiger partial charge < -0.3 is 15.2 Å². The highest BCUT2D eigenvalue weighted by Gasteiger charge is 2.20. The van der Waals surface area contributed by atoms with Crippen LogP contribution in [0.5, 0.6) is 5.75 Å². The zero-order chi connectivity index (χ0) is 23.8. The van der Waals surface area contributed by atoms with Gasteiger partial charge in [0.1, 0.15) is 11.5 Å². The Bertz CT molecular complexity index is 988. The van der Waals surface area contributed by atoms with Gasteiger partial charge in [-0.05, 0) is 36.8 Å². The van der Waals surface area contributed by atoms with Crippen LogP contribution in [-0.4, -0.2) is 47.9 Å². The van der Waals surface area contributed by atoms with E-state index in [1.165, 1.54) is 31.3 Å². The Hall–Kier alpha value is -2.91. The minimum atomic E-state index is -2.95. The average Bonchev–Trinajstić information content (AvgIpc) is 2.74. The van der Waals surface area contributed by atoms with Crippen molar-refractivity contribution in [1.82, 2.24) is 10.3 Å². The number of hydrazone groups is 1. The lowest BCUT2D eigenvalue weighted by molar-refractivity contribution is -0.120. The van der Waals surface area contributed by atoms with E-state index in [-0.39, 0.29) is 17.3 Å². The van der Waals surface area contributed by atoms with E-state index in [1.54, 1.807) is 25.1 Å². The van der Waals surface area contributed by atoms with Crippen LogP contribution < -0.4 is 10.1 Å². The molecule has 0 saturated heterocycles. The smallest absolute Gasteiger partial charge is 0.335 e. The Morgan fingerprint density at radius 3 is 2.38 bits per heavy atom. The van der Waals surface area contributed by atoms with Crippen LogP contribution in [0, 0.1) is 0 Å². The van der Waals surface area contributed by atoms with Crippen molar-refractivity contribution in [2.75, 3.05) is 13.8 Å². The summed E-state index contributed by atoms with van der Waals surface area (Å²) in [5.41, 5.74) is 0.104. The Morgan fingerprint density at radius 2 is 1.81 bits per heavy atom. The number of halogens is 4. The van der Waals surface area contributed by atoms with Crippen LogP contribution in [0.15, 0.2) is 47.6 Å². The molecule has 0 radical (unpaired) electrons. The molecule has 172 valence electrons. The molecular weight excluding hydrogens is 467 g/mol. The number of rotatable bonds is 10. The molecular formula is C21H21Cl2F2N3O4. The van der Waals surface area contributed by atoms with E-state index in [1.807, 2.05) is 0 Å². The Labute approximate surface area is 193 Å². The van der Waals surface area contributed by atoms with E-state index in [0.29, 0.717) is 16.3 Å². The standard InChI is InChI=1S/C21H21Cl2F2N3O4/c1-12(13-3-5-14(6-4-13)21(30)31)26-19(29)10-18(20(24)25)27-28(2)11-32-15-7-8-16(22)17(23)9-15/h3-9,12,20H,10-11H2,1-2H3,(H,26,29)(H,30,31)/b27-18+. The maximum atomic E-state index is 13.4. The molecule has 0 spiro atoms. The normalized spacial score (nSPS) is 12.4. The highest BCUT2D eigenvalue weighted by Crippen LogP contribution is 2.26. The van der Waals surface area contributed by atoms with Crippen LogP contribution >= 0.6 is 23.2 Å². The first-order chi connectivity index (χ1) is 15.1. The first kappa shape index (κ1) is 25.4. The number of hydrogen-bond donors (Lipinski definition) is 2. The van der Waals surface area contributed by atoms with Crippen molar-refractivity contribution in [3.8, 4) is 5.75 Å². The van der Waals surface area contributed by atoms with E-state index in [0.717, 1.165) is 5.01 Å². The zero-order valence-corrected chi connectivity index (χ0v) is 18.7. The molecule has 0 aliphatic heterocycles. The number of nitrogens with zero attached hydrogens (tertiary/aromatic N) is 2. The number of carbonyl (C=O) groups is 2. The molecule has 0 saturated carbocycles. The van der Waals surface area contributed by atoms with E-state index in [9.17, 15) is 18.4 Å². The van der Waals surface area contributed by atoms with Crippen molar-refractivity contribution in [2.24, 2.45) is 5.10 Å². The highest BCUT2D eigenvalue weighted by molar-refractivity contribution is 6.42. The number of nitrogens with one attached hydrogen (secondary N) is 1. The lowest BCUT2D eigenvalue weighted by atomic mass is 10.1. The summed E-state index contributed by atoms with van der Waals surface area (Å²) in [7, 11) is 1.42. The summed E-state index contributed by atoms with van der Waals surface area (Å²) in [4.78, 5) is 23.2. The van der Waals surface area contributed by atoms with E-state index < -0.39 is 36.5 Å². The number of aromatic carboxylic acids is 1. The topological polar surface area (TPSA) is 91.2 Å². The number of carboxylic acids is 1. The van der Waals surface area contributed by atoms with Gasteiger partial charge in [0, 0.05) is 13.1 Å². The number of alkyl halides is 2. The van der Waals surface area contributed by atoms with Gasteiger partial charge >= 0.3 is 5.97 Å².